The van der Waals surface area contributed by atoms with Crippen molar-refractivity contribution in [2.75, 3.05) is 12.4 Å². The topological polar surface area (TPSA) is 80.3 Å². The van der Waals surface area contributed by atoms with Gasteiger partial charge in [-0.15, -0.1) is 0 Å². The molecule has 0 saturated carbocycles. The van der Waals surface area contributed by atoms with Crippen LogP contribution in [0.4, 0.5) is 5.69 Å². The van der Waals surface area contributed by atoms with E-state index < -0.39 is 6.04 Å². The highest BCUT2D eigenvalue weighted by atomic mass is 16.5. The van der Waals surface area contributed by atoms with Crippen LogP contribution in [0.2, 0.25) is 0 Å². The van der Waals surface area contributed by atoms with Crippen LogP contribution in [0.15, 0.2) is 42.6 Å². The second-order valence-corrected chi connectivity index (χ2v) is 7.10. The minimum Gasteiger partial charge on any atom is -0.481 e. The molecule has 1 aromatic heterocycles. The molecule has 2 N–H and O–H groups in total. The lowest BCUT2D eigenvalue weighted by Crippen LogP contribution is -2.41. The minimum absolute atomic E-state index is 0.0224. The number of pyridine rings is 1. The average molecular weight is 355 g/mol. The van der Waals surface area contributed by atoms with E-state index in [2.05, 4.69) is 36.4 Å². The van der Waals surface area contributed by atoms with Crippen molar-refractivity contribution < 1.29 is 14.3 Å². The molecule has 0 spiro atoms. The Morgan fingerprint density at radius 2 is 1.73 bits per heavy atom. The summed E-state index contributed by atoms with van der Waals surface area (Å²) in [6.45, 7) is 7.97. The van der Waals surface area contributed by atoms with Gasteiger partial charge < -0.3 is 15.4 Å². The SMILES string of the molecule is COc1ccc(NC(=O)C(C)NC(=O)c2ccc(C(C)(C)C)cc2)cn1. The fraction of sp³-hybridized carbons (Fsp3) is 0.350. The number of nitrogens with one attached hydrogen (secondary N) is 2. The Balaban J connectivity index is 1.95. The first kappa shape index (κ1) is 19.4. The molecule has 2 aromatic rings. The van der Waals surface area contributed by atoms with Gasteiger partial charge in [0.25, 0.3) is 5.91 Å². The standard InChI is InChI=1S/C20H25N3O3/c1-13(18(24)23-16-10-11-17(26-5)21-12-16)22-19(25)14-6-8-15(9-7-14)20(2,3)4/h6-13H,1-5H3,(H,22,25)(H,23,24). The maximum atomic E-state index is 12.3. The zero-order valence-corrected chi connectivity index (χ0v) is 15.8. The molecular formula is C20H25N3O3. The van der Waals surface area contributed by atoms with Crippen molar-refractivity contribution in [1.82, 2.24) is 10.3 Å². The lowest BCUT2D eigenvalue weighted by molar-refractivity contribution is -0.117. The number of nitrogens with zero attached hydrogens (tertiary/aromatic N) is 1. The van der Waals surface area contributed by atoms with E-state index in [4.69, 9.17) is 4.74 Å². The van der Waals surface area contributed by atoms with E-state index in [-0.39, 0.29) is 17.2 Å². The predicted octanol–water partition coefficient (Wildman–Crippen LogP) is 3.14. The Labute approximate surface area is 154 Å². The van der Waals surface area contributed by atoms with Crippen LogP contribution in [-0.2, 0) is 10.2 Å². The van der Waals surface area contributed by atoms with Gasteiger partial charge in [-0.05, 0) is 36.1 Å². The zero-order valence-electron chi connectivity index (χ0n) is 15.8. The third-order valence-corrected chi connectivity index (χ3v) is 3.97. The van der Waals surface area contributed by atoms with Gasteiger partial charge in [-0.3, -0.25) is 9.59 Å². The van der Waals surface area contributed by atoms with Crippen LogP contribution in [-0.4, -0.2) is 29.9 Å². The van der Waals surface area contributed by atoms with Gasteiger partial charge in [-0.1, -0.05) is 32.9 Å². The van der Waals surface area contributed by atoms with Gasteiger partial charge in [0.1, 0.15) is 6.04 Å². The van der Waals surface area contributed by atoms with Gasteiger partial charge in [0, 0.05) is 11.6 Å². The number of hydrogen-bond donors (Lipinski definition) is 2. The summed E-state index contributed by atoms with van der Waals surface area (Å²) in [6.07, 6.45) is 1.50. The molecule has 6 heteroatoms. The number of carbonyl (C=O) groups excluding carboxylic acids is 2. The van der Waals surface area contributed by atoms with E-state index in [0.717, 1.165) is 5.56 Å². The largest absolute Gasteiger partial charge is 0.481 e. The molecule has 0 radical (unpaired) electrons. The zero-order chi connectivity index (χ0) is 19.3. The second-order valence-electron chi connectivity index (χ2n) is 7.10. The molecule has 0 fully saturated rings. The highest BCUT2D eigenvalue weighted by Gasteiger charge is 2.18. The van der Waals surface area contributed by atoms with E-state index in [9.17, 15) is 9.59 Å². The number of anilines is 1. The molecule has 138 valence electrons. The van der Waals surface area contributed by atoms with E-state index in [1.54, 1.807) is 31.2 Å². The van der Waals surface area contributed by atoms with Crippen LogP contribution in [0.25, 0.3) is 0 Å². The molecule has 1 unspecified atom stereocenters. The first-order valence-corrected chi connectivity index (χ1v) is 8.43. The molecule has 0 aliphatic rings. The Kier molecular flexibility index (Phi) is 5.97. The highest BCUT2D eigenvalue weighted by molar-refractivity contribution is 6.00. The van der Waals surface area contributed by atoms with Crippen LogP contribution >= 0.6 is 0 Å². The summed E-state index contributed by atoms with van der Waals surface area (Å²) in [4.78, 5) is 28.6. The Bertz CT molecular complexity index is 762. The number of hydrogen-bond acceptors (Lipinski definition) is 4. The monoisotopic (exact) mass is 355 g/mol. The quantitative estimate of drug-likeness (QED) is 0.863. The fourth-order valence-corrected chi connectivity index (χ4v) is 2.29. The van der Waals surface area contributed by atoms with Gasteiger partial charge >= 0.3 is 0 Å². The molecule has 1 atom stereocenters. The van der Waals surface area contributed by atoms with E-state index in [1.165, 1.54) is 13.3 Å². The van der Waals surface area contributed by atoms with Crippen molar-refractivity contribution in [3.63, 3.8) is 0 Å². The summed E-state index contributed by atoms with van der Waals surface area (Å²) in [5, 5.41) is 5.41. The average Bonchev–Trinajstić information content (AvgIpc) is 2.61. The molecule has 26 heavy (non-hydrogen) atoms. The van der Waals surface area contributed by atoms with Gasteiger partial charge in [0.05, 0.1) is 19.0 Å². The maximum absolute atomic E-state index is 12.3. The summed E-state index contributed by atoms with van der Waals surface area (Å²) in [5.74, 6) is -0.152. The molecule has 1 heterocycles. The van der Waals surface area contributed by atoms with Crippen molar-refractivity contribution in [2.24, 2.45) is 0 Å². The Morgan fingerprint density at radius 1 is 1.08 bits per heavy atom. The predicted molar refractivity (Wildman–Crippen MR) is 101 cm³/mol. The van der Waals surface area contributed by atoms with Crippen molar-refractivity contribution >= 4 is 17.5 Å². The van der Waals surface area contributed by atoms with Crippen molar-refractivity contribution in [3.8, 4) is 5.88 Å². The minimum atomic E-state index is -0.688. The Hall–Kier alpha value is -2.89. The van der Waals surface area contributed by atoms with Crippen molar-refractivity contribution in [2.45, 2.75) is 39.2 Å². The highest BCUT2D eigenvalue weighted by Crippen LogP contribution is 2.22. The van der Waals surface area contributed by atoms with Crippen LogP contribution in [0, 0.1) is 0 Å². The number of ether oxygens (including phenoxy) is 1. The van der Waals surface area contributed by atoms with E-state index in [1.807, 2.05) is 12.1 Å². The van der Waals surface area contributed by atoms with Crippen molar-refractivity contribution in [1.29, 1.82) is 0 Å². The second kappa shape index (κ2) is 7.99. The van der Waals surface area contributed by atoms with E-state index >= 15 is 0 Å². The summed E-state index contributed by atoms with van der Waals surface area (Å²) >= 11 is 0. The van der Waals surface area contributed by atoms with Gasteiger partial charge in [-0.2, -0.15) is 0 Å². The summed E-state index contributed by atoms with van der Waals surface area (Å²) < 4.78 is 4.97. The molecule has 1 aromatic carbocycles. The molecule has 2 amide bonds. The lowest BCUT2D eigenvalue weighted by Gasteiger charge is -2.19. The lowest BCUT2D eigenvalue weighted by atomic mass is 9.86. The maximum Gasteiger partial charge on any atom is 0.251 e. The van der Waals surface area contributed by atoms with Crippen LogP contribution in [0.3, 0.4) is 0 Å². The normalized spacial score (nSPS) is 12.2. The molecular weight excluding hydrogens is 330 g/mol. The first-order chi connectivity index (χ1) is 12.2. The summed E-state index contributed by atoms with van der Waals surface area (Å²) in [5.41, 5.74) is 2.22. The molecule has 2 rings (SSSR count). The van der Waals surface area contributed by atoms with Crippen LogP contribution < -0.4 is 15.4 Å². The number of rotatable bonds is 5. The number of amides is 2. The third-order valence-electron chi connectivity index (χ3n) is 3.97. The number of methoxy groups -OCH3 is 1. The summed E-state index contributed by atoms with van der Waals surface area (Å²) in [6, 6.07) is 10.1. The van der Waals surface area contributed by atoms with E-state index in [0.29, 0.717) is 17.1 Å². The number of aromatic nitrogens is 1. The fourth-order valence-electron chi connectivity index (χ4n) is 2.29. The molecule has 0 aliphatic heterocycles. The number of benzene rings is 1. The van der Waals surface area contributed by atoms with Gasteiger partial charge in [-0.25, -0.2) is 4.98 Å². The first-order valence-electron chi connectivity index (χ1n) is 8.43. The Morgan fingerprint density at radius 3 is 2.23 bits per heavy atom. The molecule has 0 bridgehead atoms. The van der Waals surface area contributed by atoms with Gasteiger partial charge in [0.2, 0.25) is 11.8 Å². The summed E-state index contributed by atoms with van der Waals surface area (Å²) in [7, 11) is 1.52. The van der Waals surface area contributed by atoms with Crippen LogP contribution in [0.5, 0.6) is 5.88 Å². The molecule has 0 aliphatic carbocycles. The van der Waals surface area contributed by atoms with Crippen molar-refractivity contribution in [3.05, 3.63) is 53.7 Å². The molecule has 6 nitrogen and oxygen atoms in total. The van der Waals surface area contributed by atoms with Crippen LogP contribution in [0.1, 0.15) is 43.6 Å². The van der Waals surface area contributed by atoms with Gasteiger partial charge in [0.15, 0.2) is 0 Å². The molecule has 0 saturated heterocycles. The number of carbonyl (C=O) groups is 2. The third kappa shape index (κ3) is 5.05. The smallest absolute Gasteiger partial charge is 0.251 e.